The average molecular weight is 518 g/mol. The van der Waals surface area contributed by atoms with Gasteiger partial charge in [0.1, 0.15) is 10.9 Å². The van der Waals surface area contributed by atoms with Crippen LogP contribution in [0.4, 0.5) is 5.82 Å². The molecule has 0 saturated carbocycles. The number of aromatic nitrogens is 3. The lowest BCUT2D eigenvalue weighted by atomic mass is 10.1. The van der Waals surface area contributed by atoms with E-state index in [2.05, 4.69) is 10.2 Å². The molecule has 2 aliphatic rings. The number of rotatable bonds is 7. The van der Waals surface area contributed by atoms with Gasteiger partial charge in [0.25, 0.3) is 17.1 Å². The molecule has 1 aromatic carbocycles. The second kappa shape index (κ2) is 10.3. The maximum Gasteiger partial charge on any atom is 0.278 e. The molecular weight excluding hydrogens is 488 g/mol. The van der Waals surface area contributed by atoms with Crippen molar-refractivity contribution in [2.24, 2.45) is 0 Å². The minimum absolute atomic E-state index is 0.183. The Morgan fingerprint density at radius 2 is 1.95 bits per heavy atom. The fourth-order valence-electron chi connectivity index (χ4n) is 4.91. The molecule has 0 atom stereocenters. The Labute approximate surface area is 218 Å². The minimum Gasteiger partial charge on any atom is -0.454 e. The number of anilines is 1. The van der Waals surface area contributed by atoms with Gasteiger partial charge in [-0.1, -0.05) is 17.1 Å². The van der Waals surface area contributed by atoms with E-state index in [9.17, 15) is 9.59 Å². The summed E-state index contributed by atoms with van der Waals surface area (Å²) in [6, 6.07) is 12.4. The number of nitrogens with two attached hydrogens (primary N) is 1. The van der Waals surface area contributed by atoms with Crippen molar-refractivity contribution in [2.75, 3.05) is 45.4 Å². The van der Waals surface area contributed by atoms with Crippen molar-refractivity contribution in [1.29, 1.82) is 0 Å². The number of fused-ring (bicyclic) bond motifs is 3. The molecule has 1 saturated heterocycles. The van der Waals surface area contributed by atoms with Crippen LogP contribution >= 0.6 is 0 Å². The molecule has 6 rings (SSSR count). The zero-order valence-corrected chi connectivity index (χ0v) is 20.9. The number of benzene rings is 1. The number of amides is 1. The number of hydrogen-bond acceptors (Lipinski definition) is 8. The Morgan fingerprint density at radius 3 is 2.82 bits per heavy atom. The molecule has 3 aromatic heterocycles. The van der Waals surface area contributed by atoms with Crippen LogP contribution in [0, 0.1) is 0 Å². The zero-order chi connectivity index (χ0) is 26.1. The molecule has 1 fully saturated rings. The number of carbonyl (C=O) groups excluding carboxylic acids is 1. The highest BCUT2D eigenvalue weighted by Gasteiger charge is 2.25. The smallest absolute Gasteiger partial charge is 0.278 e. The Kier molecular flexibility index (Phi) is 6.52. The monoisotopic (exact) mass is 517 g/mol. The van der Waals surface area contributed by atoms with Crippen molar-refractivity contribution in [3.63, 3.8) is 0 Å². The van der Waals surface area contributed by atoms with E-state index in [1.165, 1.54) is 4.40 Å². The summed E-state index contributed by atoms with van der Waals surface area (Å²) in [5, 5.41) is 3.26. The van der Waals surface area contributed by atoms with E-state index < -0.39 is 0 Å². The van der Waals surface area contributed by atoms with Crippen LogP contribution in [0.25, 0.3) is 16.7 Å². The first kappa shape index (κ1) is 24.1. The third-order valence-corrected chi connectivity index (χ3v) is 6.95. The summed E-state index contributed by atoms with van der Waals surface area (Å²) in [4.78, 5) is 33.9. The van der Waals surface area contributed by atoms with E-state index in [0.29, 0.717) is 34.7 Å². The molecule has 5 heterocycles. The molecule has 0 aliphatic carbocycles. The molecule has 2 aliphatic heterocycles. The SMILES string of the molecule is Nc1c(C(=O)NCc2ccc3c(c2)OCO3)cc2c(=O)n3ccccc3nc2[n+]1CCCN1CCOCC1. The summed E-state index contributed by atoms with van der Waals surface area (Å²) < 4.78 is 19.5. The fraction of sp³-hybridized carbons (Fsp3) is 0.333. The molecule has 3 N–H and O–H groups in total. The van der Waals surface area contributed by atoms with Crippen LogP contribution in [0.3, 0.4) is 0 Å². The van der Waals surface area contributed by atoms with Gasteiger partial charge < -0.3 is 25.3 Å². The van der Waals surface area contributed by atoms with Crippen LogP contribution in [0.2, 0.25) is 0 Å². The largest absolute Gasteiger partial charge is 0.454 e. The molecule has 1 amide bonds. The highest BCUT2D eigenvalue weighted by atomic mass is 16.7. The number of hydrogen-bond donors (Lipinski definition) is 2. The van der Waals surface area contributed by atoms with E-state index in [-0.39, 0.29) is 36.2 Å². The van der Waals surface area contributed by atoms with Crippen molar-refractivity contribution in [2.45, 2.75) is 19.5 Å². The van der Waals surface area contributed by atoms with E-state index in [1.807, 2.05) is 24.3 Å². The van der Waals surface area contributed by atoms with Gasteiger partial charge in [0.05, 0.1) is 19.8 Å². The van der Waals surface area contributed by atoms with Gasteiger partial charge in [-0.15, -0.1) is 0 Å². The molecule has 0 unspecified atom stereocenters. The standard InChI is InChI=1S/C27H28N6O5/c28-24-19(26(34)29-16-18-5-6-21-22(14-18)38-17-37-21)15-20-25(30-23-4-1-2-8-32(23)27(20)35)33(24)9-3-7-31-10-12-36-13-11-31/h1-2,4-6,8,14-15,28H,3,7,9-13,16-17H2,(H,29,34)/p+1. The number of morpholine rings is 1. The van der Waals surface area contributed by atoms with Gasteiger partial charge in [0, 0.05) is 32.4 Å². The highest BCUT2D eigenvalue weighted by molar-refractivity contribution is 6.00. The Morgan fingerprint density at radius 1 is 1.11 bits per heavy atom. The van der Waals surface area contributed by atoms with Crippen molar-refractivity contribution in [3.8, 4) is 11.5 Å². The molecule has 4 aromatic rings. The number of nitrogen functional groups attached to an aromatic ring is 1. The Balaban J connectivity index is 1.32. The van der Waals surface area contributed by atoms with Gasteiger partial charge in [0.15, 0.2) is 11.5 Å². The summed E-state index contributed by atoms with van der Waals surface area (Å²) in [7, 11) is 0. The predicted molar refractivity (Wildman–Crippen MR) is 139 cm³/mol. The van der Waals surface area contributed by atoms with Crippen LogP contribution in [0.1, 0.15) is 22.3 Å². The zero-order valence-electron chi connectivity index (χ0n) is 20.9. The Bertz CT molecular complexity index is 1580. The topological polar surface area (TPSA) is 124 Å². The third-order valence-electron chi connectivity index (χ3n) is 6.95. The van der Waals surface area contributed by atoms with Crippen molar-refractivity contribution < 1.29 is 23.6 Å². The van der Waals surface area contributed by atoms with E-state index >= 15 is 0 Å². The van der Waals surface area contributed by atoms with Crippen LogP contribution in [-0.4, -0.2) is 59.8 Å². The van der Waals surface area contributed by atoms with Crippen LogP contribution in [0.15, 0.2) is 53.5 Å². The van der Waals surface area contributed by atoms with Crippen molar-refractivity contribution in [1.82, 2.24) is 19.6 Å². The van der Waals surface area contributed by atoms with Gasteiger partial charge in [0.2, 0.25) is 18.3 Å². The van der Waals surface area contributed by atoms with E-state index in [1.54, 1.807) is 29.0 Å². The molecule has 0 radical (unpaired) electrons. The van der Waals surface area contributed by atoms with Gasteiger partial charge in [-0.25, -0.2) is 4.57 Å². The minimum atomic E-state index is -0.374. The lowest BCUT2D eigenvalue weighted by Crippen LogP contribution is -2.44. The number of ether oxygens (including phenoxy) is 3. The van der Waals surface area contributed by atoms with Crippen LogP contribution in [0.5, 0.6) is 11.5 Å². The van der Waals surface area contributed by atoms with Crippen LogP contribution in [-0.2, 0) is 17.8 Å². The number of nitrogens with zero attached hydrogens (tertiary/aromatic N) is 4. The summed E-state index contributed by atoms with van der Waals surface area (Å²) >= 11 is 0. The quantitative estimate of drug-likeness (QED) is 0.276. The first-order valence-corrected chi connectivity index (χ1v) is 12.7. The summed E-state index contributed by atoms with van der Waals surface area (Å²) in [5.41, 5.74) is 8.41. The molecule has 38 heavy (non-hydrogen) atoms. The molecule has 11 nitrogen and oxygen atoms in total. The molecule has 0 bridgehead atoms. The van der Waals surface area contributed by atoms with Crippen molar-refractivity contribution >= 4 is 28.4 Å². The number of pyridine rings is 2. The number of carbonyl (C=O) groups is 1. The second-order valence-electron chi connectivity index (χ2n) is 9.36. The molecule has 11 heteroatoms. The Hall–Kier alpha value is -4.22. The summed E-state index contributed by atoms with van der Waals surface area (Å²) in [5.74, 6) is 1.22. The second-order valence-corrected chi connectivity index (χ2v) is 9.36. The van der Waals surface area contributed by atoms with Gasteiger partial charge >= 0.3 is 0 Å². The van der Waals surface area contributed by atoms with Crippen LogP contribution < -0.4 is 30.7 Å². The van der Waals surface area contributed by atoms with Gasteiger partial charge in [-0.05, 0) is 42.3 Å². The molecule has 0 spiro atoms. The first-order valence-electron chi connectivity index (χ1n) is 12.7. The lowest BCUT2D eigenvalue weighted by molar-refractivity contribution is -0.659. The average Bonchev–Trinajstić information content (AvgIpc) is 3.42. The maximum absolute atomic E-state index is 13.4. The van der Waals surface area contributed by atoms with Crippen molar-refractivity contribution in [3.05, 3.63) is 70.1 Å². The molecular formula is C27H29N6O5+. The third kappa shape index (κ3) is 4.61. The maximum atomic E-state index is 13.4. The normalized spacial score (nSPS) is 15.3. The van der Waals surface area contributed by atoms with Gasteiger partial charge in [-0.3, -0.25) is 18.9 Å². The van der Waals surface area contributed by atoms with E-state index in [0.717, 1.165) is 44.8 Å². The lowest BCUT2D eigenvalue weighted by Gasteiger charge is -2.26. The summed E-state index contributed by atoms with van der Waals surface area (Å²) in [6.45, 7) is 5.02. The summed E-state index contributed by atoms with van der Waals surface area (Å²) in [6.07, 6.45) is 2.45. The molecule has 196 valence electrons. The number of nitrogens with one attached hydrogen (secondary N) is 1. The predicted octanol–water partition coefficient (Wildman–Crippen LogP) is 1.10. The number of aryl methyl sites for hydroxylation is 1. The van der Waals surface area contributed by atoms with E-state index in [4.69, 9.17) is 24.9 Å². The first-order chi connectivity index (χ1) is 18.6. The highest BCUT2D eigenvalue weighted by Crippen LogP contribution is 2.32. The fourth-order valence-corrected chi connectivity index (χ4v) is 4.91. The van der Waals surface area contributed by atoms with Gasteiger partial charge in [-0.2, -0.15) is 0 Å².